The first-order valence-electron chi connectivity index (χ1n) is 4.68. The molecule has 0 fully saturated rings. The minimum Gasteiger partial charge on any atom is -0.492 e. The molecule has 90 valence electrons. The van der Waals surface area contributed by atoms with Crippen LogP contribution in [0.25, 0.3) is 0 Å². The molecule has 0 aromatic heterocycles. The van der Waals surface area contributed by atoms with Gasteiger partial charge in [-0.3, -0.25) is 0 Å². The SMILES string of the molecule is CC(COc1ccccc1Cl)CS(=O)(=O)Cl. The van der Waals surface area contributed by atoms with Crippen molar-refractivity contribution in [1.82, 2.24) is 0 Å². The highest BCUT2D eigenvalue weighted by molar-refractivity contribution is 8.13. The van der Waals surface area contributed by atoms with Gasteiger partial charge in [0.05, 0.1) is 17.4 Å². The number of halogens is 2. The van der Waals surface area contributed by atoms with Gasteiger partial charge in [-0.1, -0.05) is 30.7 Å². The molecule has 0 aliphatic rings. The third-order valence-corrected chi connectivity index (χ3v) is 3.50. The van der Waals surface area contributed by atoms with Crippen LogP contribution in [0, 0.1) is 5.92 Å². The van der Waals surface area contributed by atoms with Crippen molar-refractivity contribution in [3.8, 4) is 5.75 Å². The summed E-state index contributed by atoms with van der Waals surface area (Å²) < 4.78 is 27.0. The highest BCUT2D eigenvalue weighted by atomic mass is 35.7. The van der Waals surface area contributed by atoms with Crippen molar-refractivity contribution >= 4 is 31.3 Å². The predicted molar refractivity (Wildman–Crippen MR) is 65.8 cm³/mol. The monoisotopic (exact) mass is 282 g/mol. The smallest absolute Gasteiger partial charge is 0.232 e. The van der Waals surface area contributed by atoms with E-state index in [-0.39, 0.29) is 18.3 Å². The highest BCUT2D eigenvalue weighted by Crippen LogP contribution is 2.23. The van der Waals surface area contributed by atoms with Crippen LogP contribution in [-0.2, 0) is 9.05 Å². The van der Waals surface area contributed by atoms with Crippen LogP contribution >= 0.6 is 22.3 Å². The van der Waals surface area contributed by atoms with Crippen molar-refractivity contribution in [2.75, 3.05) is 12.4 Å². The van der Waals surface area contributed by atoms with Gasteiger partial charge in [0.2, 0.25) is 9.05 Å². The summed E-state index contributed by atoms with van der Waals surface area (Å²) in [6.07, 6.45) is 0. The van der Waals surface area contributed by atoms with Crippen molar-refractivity contribution in [2.45, 2.75) is 6.92 Å². The summed E-state index contributed by atoms with van der Waals surface area (Å²) in [5, 5.41) is 0.503. The molecule has 1 aromatic carbocycles. The van der Waals surface area contributed by atoms with E-state index in [1.807, 2.05) is 0 Å². The number of rotatable bonds is 5. The van der Waals surface area contributed by atoms with E-state index >= 15 is 0 Å². The number of para-hydroxylation sites is 1. The predicted octanol–water partition coefficient (Wildman–Crippen LogP) is 2.92. The van der Waals surface area contributed by atoms with E-state index in [4.69, 9.17) is 27.0 Å². The van der Waals surface area contributed by atoms with Gasteiger partial charge in [0.15, 0.2) is 0 Å². The van der Waals surface area contributed by atoms with Gasteiger partial charge in [-0.05, 0) is 12.1 Å². The molecule has 0 spiro atoms. The number of hydrogen-bond acceptors (Lipinski definition) is 3. The summed E-state index contributed by atoms with van der Waals surface area (Å²) in [7, 11) is 1.65. The molecule has 1 aromatic rings. The molecule has 3 nitrogen and oxygen atoms in total. The second kappa shape index (κ2) is 5.75. The zero-order valence-corrected chi connectivity index (χ0v) is 11.0. The van der Waals surface area contributed by atoms with Crippen LogP contribution < -0.4 is 4.74 Å². The number of benzene rings is 1. The van der Waals surface area contributed by atoms with Gasteiger partial charge in [-0.15, -0.1) is 0 Å². The lowest BCUT2D eigenvalue weighted by Gasteiger charge is -2.12. The van der Waals surface area contributed by atoms with E-state index in [2.05, 4.69) is 0 Å². The van der Waals surface area contributed by atoms with Crippen LogP contribution in [0.5, 0.6) is 5.75 Å². The van der Waals surface area contributed by atoms with Gasteiger partial charge in [0, 0.05) is 16.6 Å². The molecule has 0 amide bonds. The van der Waals surface area contributed by atoms with Crippen LogP contribution in [0.3, 0.4) is 0 Å². The molecule has 0 aliphatic carbocycles. The van der Waals surface area contributed by atoms with Gasteiger partial charge in [-0.2, -0.15) is 0 Å². The third kappa shape index (κ3) is 5.05. The molecule has 1 unspecified atom stereocenters. The van der Waals surface area contributed by atoms with E-state index in [1.165, 1.54) is 0 Å². The lowest BCUT2D eigenvalue weighted by molar-refractivity contribution is 0.272. The first-order chi connectivity index (χ1) is 7.38. The Labute approximate surface area is 105 Å². The molecule has 0 bridgehead atoms. The maximum Gasteiger partial charge on any atom is 0.232 e. The maximum absolute atomic E-state index is 10.8. The second-order valence-corrected chi connectivity index (χ2v) is 6.78. The Bertz CT molecular complexity index is 445. The Kier molecular flexibility index (Phi) is 4.89. The third-order valence-electron chi connectivity index (χ3n) is 1.84. The molecule has 6 heteroatoms. The van der Waals surface area contributed by atoms with Crippen molar-refractivity contribution < 1.29 is 13.2 Å². The average Bonchev–Trinajstić information content (AvgIpc) is 2.14. The Balaban J connectivity index is 2.49. The van der Waals surface area contributed by atoms with Crippen molar-refractivity contribution in [1.29, 1.82) is 0 Å². The average molecular weight is 283 g/mol. The molecule has 0 N–H and O–H groups in total. The number of hydrogen-bond donors (Lipinski definition) is 0. The fraction of sp³-hybridized carbons (Fsp3) is 0.400. The lowest BCUT2D eigenvalue weighted by atomic mass is 10.2. The topological polar surface area (TPSA) is 43.4 Å². The van der Waals surface area contributed by atoms with Crippen LogP contribution in [0.2, 0.25) is 5.02 Å². The molecular formula is C10H12Cl2O3S. The maximum atomic E-state index is 10.8. The molecular weight excluding hydrogens is 271 g/mol. The second-order valence-electron chi connectivity index (χ2n) is 3.55. The summed E-state index contributed by atoms with van der Waals surface area (Å²) in [6.45, 7) is 2.01. The zero-order chi connectivity index (χ0) is 12.2. The molecule has 16 heavy (non-hydrogen) atoms. The van der Waals surface area contributed by atoms with Gasteiger partial charge < -0.3 is 4.74 Å². The van der Waals surface area contributed by atoms with E-state index < -0.39 is 9.05 Å². The van der Waals surface area contributed by atoms with Crippen LogP contribution in [0.4, 0.5) is 0 Å². The van der Waals surface area contributed by atoms with E-state index in [1.54, 1.807) is 31.2 Å². The summed E-state index contributed by atoms with van der Waals surface area (Å²) in [6, 6.07) is 7.02. The minimum absolute atomic E-state index is 0.112. The van der Waals surface area contributed by atoms with E-state index in [0.717, 1.165) is 0 Å². The highest BCUT2D eigenvalue weighted by Gasteiger charge is 2.13. The molecule has 0 saturated carbocycles. The largest absolute Gasteiger partial charge is 0.492 e. The van der Waals surface area contributed by atoms with Gasteiger partial charge in [0.1, 0.15) is 5.75 Å². The zero-order valence-electron chi connectivity index (χ0n) is 8.69. The molecule has 1 atom stereocenters. The Morgan fingerprint density at radius 3 is 2.56 bits per heavy atom. The van der Waals surface area contributed by atoms with Crippen molar-refractivity contribution in [3.05, 3.63) is 29.3 Å². The molecule has 1 rings (SSSR count). The van der Waals surface area contributed by atoms with Crippen LogP contribution in [0.15, 0.2) is 24.3 Å². The fourth-order valence-corrected chi connectivity index (χ4v) is 2.79. The van der Waals surface area contributed by atoms with Gasteiger partial charge >= 0.3 is 0 Å². The van der Waals surface area contributed by atoms with E-state index in [0.29, 0.717) is 10.8 Å². The first kappa shape index (κ1) is 13.6. The molecule has 0 heterocycles. The minimum atomic E-state index is -3.48. The Morgan fingerprint density at radius 1 is 1.38 bits per heavy atom. The van der Waals surface area contributed by atoms with Crippen molar-refractivity contribution in [2.24, 2.45) is 5.92 Å². The van der Waals surface area contributed by atoms with Gasteiger partial charge in [-0.25, -0.2) is 8.42 Å². The molecule has 0 aliphatic heterocycles. The Hall–Kier alpha value is -0.450. The van der Waals surface area contributed by atoms with Crippen molar-refractivity contribution in [3.63, 3.8) is 0 Å². The van der Waals surface area contributed by atoms with Crippen LogP contribution in [0.1, 0.15) is 6.92 Å². The standard InChI is InChI=1S/C10H12Cl2O3S/c1-8(7-16(12,13)14)6-15-10-5-3-2-4-9(10)11/h2-5,8H,6-7H2,1H3. The quantitative estimate of drug-likeness (QED) is 0.780. The van der Waals surface area contributed by atoms with Crippen LogP contribution in [-0.4, -0.2) is 20.8 Å². The molecule has 0 radical (unpaired) electrons. The Morgan fingerprint density at radius 2 is 2.00 bits per heavy atom. The summed E-state index contributed by atoms with van der Waals surface area (Å²) in [4.78, 5) is 0. The van der Waals surface area contributed by atoms with Gasteiger partial charge in [0.25, 0.3) is 0 Å². The summed E-state index contributed by atoms with van der Waals surface area (Å²) >= 11 is 5.87. The number of ether oxygens (including phenoxy) is 1. The first-order valence-corrected chi connectivity index (χ1v) is 7.54. The van der Waals surface area contributed by atoms with E-state index in [9.17, 15) is 8.42 Å². The fourth-order valence-electron chi connectivity index (χ4n) is 1.18. The lowest BCUT2D eigenvalue weighted by Crippen LogP contribution is -2.16. The summed E-state index contributed by atoms with van der Waals surface area (Å²) in [5.74, 6) is 0.251. The summed E-state index contributed by atoms with van der Waals surface area (Å²) in [5.41, 5.74) is 0. The normalized spacial score (nSPS) is 13.4. The molecule has 0 saturated heterocycles.